The summed E-state index contributed by atoms with van der Waals surface area (Å²) in [5.41, 5.74) is 2.20. The van der Waals surface area contributed by atoms with Crippen molar-refractivity contribution in [1.82, 2.24) is 10.2 Å². The van der Waals surface area contributed by atoms with Crippen LogP contribution in [-0.2, 0) is 22.6 Å². The maximum absolute atomic E-state index is 12.3. The third-order valence-electron chi connectivity index (χ3n) is 4.22. The van der Waals surface area contributed by atoms with Crippen LogP contribution in [0.3, 0.4) is 0 Å². The number of amides is 1. The zero-order valence-electron chi connectivity index (χ0n) is 14.6. The van der Waals surface area contributed by atoms with E-state index >= 15 is 0 Å². The van der Waals surface area contributed by atoms with Gasteiger partial charge in [0.1, 0.15) is 6.61 Å². The second kappa shape index (κ2) is 9.71. The van der Waals surface area contributed by atoms with Crippen LogP contribution in [0.2, 0.25) is 0 Å². The average Bonchev–Trinajstić information content (AvgIpc) is 2.69. The Bertz CT molecular complexity index is 694. The third kappa shape index (κ3) is 5.83. The summed E-state index contributed by atoms with van der Waals surface area (Å²) in [5.74, 6) is 0. The molecule has 26 heavy (non-hydrogen) atoms. The topological polar surface area (TPSA) is 50.8 Å². The van der Waals surface area contributed by atoms with Crippen LogP contribution in [0.5, 0.6) is 0 Å². The van der Waals surface area contributed by atoms with E-state index in [9.17, 15) is 4.79 Å². The van der Waals surface area contributed by atoms with Gasteiger partial charge in [0, 0.05) is 24.1 Å². The molecule has 1 heterocycles. The zero-order valence-corrected chi connectivity index (χ0v) is 16.2. The van der Waals surface area contributed by atoms with Crippen LogP contribution in [0.25, 0.3) is 0 Å². The van der Waals surface area contributed by atoms with Crippen molar-refractivity contribution in [2.75, 3.05) is 26.2 Å². The highest BCUT2D eigenvalue weighted by atomic mass is 79.9. The minimum Gasteiger partial charge on any atom is -0.445 e. The number of nitrogens with one attached hydrogen (secondary N) is 1. The number of halogens is 1. The lowest BCUT2D eigenvalue weighted by Gasteiger charge is -2.32. The first-order valence-corrected chi connectivity index (χ1v) is 9.52. The van der Waals surface area contributed by atoms with E-state index in [2.05, 4.69) is 33.4 Å². The lowest BCUT2D eigenvalue weighted by atomic mass is 10.2. The molecule has 1 fully saturated rings. The Kier molecular flexibility index (Phi) is 7.05. The van der Waals surface area contributed by atoms with E-state index < -0.39 is 0 Å². The van der Waals surface area contributed by atoms with Crippen LogP contribution in [0.15, 0.2) is 59.1 Å². The highest BCUT2D eigenvalue weighted by Gasteiger charge is 2.25. The van der Waals surface area contributed by atoms with Crippen molar-refractivity contribution in [3.8, 4) is 0 Å². The summed E-state index contributed by atoms with van der Waals surface area (Å²) in [6, 6.07) is 17.9. The highest BCUT2D eigenvalue weighted by Crippen LogP contribution is 2.11. The predicted octanol–water partition coefficient (Wildman–Crippen LogP) is 3.58. The molecule has 0 spiro atoms. The quantitative estimate of drug-likeness (QED) is 0.778. The molecule has 0 bridgehead atoms. The molecule has 1 amide bonds. The van der Waals surface area contributed by atoms with Crippen molar-refractivity contribution < 1.29 is 14.3 Å². The fraction of sp³-hybridized carbons (Fsp3) is 0.350. The Morgan fingerprint density at radius 1 is 1.15 bits per heavy atom. The van der Waals surface area contributed by atoms with Crippen LogP contribution < -0.4 is 5.32 Å². The molecule has 1 saturated heterocycles. The molecule has 0 aliphatic carbocycles. The van der Waals surface area contributed by atoms with Gasteiger partial charge in [0.15, 0.2) is 0 Å². The first-order chi connectivity index (χ1) is 12.7. The average molecular weight is 419 g/mol. The molecule has 0 saturated carbocycles. The van der Waals surface area contributed by atoms with Gasteiger partial charge in [0.05, 0.1) is 19.3 Å². The summed E-state index contributed by atoms with van der Waals surface area (Å²) in [7, 11) is 0. The molecule has 1 aliphatic heterocycles. The minimum absolute atomic E-state index is 0.0246. The van der Waals surface area contributed by atoms with Crippen LogP contribution in [-0.4, -0.2) is 43.3 Å². The van der Waals surface area contributed by atoms with E-state index in [1.54, 1.807) is 4.90 Å². The van der Waals surface area contributed by atoms with Crippen molar-refractivity contribution in [2.24, 2.45) is 0 Å². The fourth-order valence-electron chi connectivity index (χ4n) is 2.80. The van der Waals surface area contributed by atoms with Gasteiger partial charge in [-0.15, -0.1) is 0 Å². The molecule has 138 valence electrons. The summed E-state index contributed by atoms with van der Waals surface area (Å²) < 4.78 is 12.2. The largest absolute Gasteiger partial charge is 0.445 e. The SMILES string of the molecule is O=C(OCc1ccccc1)N1CCOC(CNCc2ccc(Br)cc2)C1. The summed E-state index contributed by atoms with van der Waals surface area (Å²) in [5, 5.41) is 3.39. The van der Waals surface area contributed by atoms with Gasteiger partial charge in [-0.2, -0.15) is 0 Å². The Balaban J connectivity index is 1.40. The number of ether oxygens (including phenoxy) is 2. The third-order valence-corrected chi connectivity index (χ3v) is 4.75. The number of nitrogens with zero attached hydrogens (tertiary/aromatic N) is 1. The standard InChI is InChI=1S/C20H23BrN2O3/c21-18-8-6-16(7-9-18)12-22-13-19-14-23(10-11-25-19)20(24)26-15-17-4-2-1-3-5-17/h1-9,19,22H,10-15H2. The van der Waals surface area contributed by atoms with Crippen molar-refractivity contribution in [3.05, 3.63) is 70.2 Å². The smallest absolute Gasteiger partial charge is 0.410 e. The van der Waals surface area contributed by atoms with E-state index in [0.29, 0.717) is 32.8 Å². The van der Waals surface area contributed by atoms with E-state index in [1.165, 1.54) is 5.56 Å². The van der Waals surface area contributed by atoms with Gasteiger partial charge in [-0.05, 0) is 23.3 Å². The van der Waals surface area contributed by atoms with Crippen LogP contribution in [0.4, 0.5) is 4.79 Å². The first-order valence-electron chi connectivity index (χ1n) is 8.73. The summed E-state index contributed by atoms with van der Waals surface area (Å²) in [6.45, 7) is 3.40. The summed E-state index contributed by atoms with van der Waals surface area (Å²) in [4.78, 5) is 14.0. The lowest BCUT2D eigenvalue weighted by molar-refractivity contribution is -0.0271. The van der Waals surface area contributed by atoms with Gasteiger partial charge in [-0.3, -0.25) is 0 Å². The second-order valence-corrected chi connectivity index (χ2v) is 7.15. The van der Waals surface area contributed by atoms with Gasteiger partial charge in [0.2, 0.25) is 0 Å². The fourth-order valence-corrected chi connectivity index (χ4v) is 3.06. The number of carbonyl (C=O) groups is 1. The number of morpholine rings is 1. The molecule has 0 radical (unpaired) electrons. The van der Waals surface area contributed by atoms with Gasteiger partial charge in [0.25, 0.3) is 0 Å². The maximum Gasteiger partial charge on any atom is 0.410 e. The van der Waals surface area contributed by atoms with Crippen molar-refractivity contribution >= 4 is 22.0 Å². The Hall–Kier alpha value is -1.89. The molecule has 0 aromatic heterocycles. The zero-order chi connectivity index (χ0) is 18.2. The summed E-state index contributed by atoms with van der Waals surface area (Å²) >= 11 is 3.43. The molecule has 1 aliphatic rings. The van der Waals surface area contributed by atoms with Gasteiger partial charge >= 0.3 is 6.09 Å². The monoisotopic (exact) mass is 418 g/mol. The Labute approximate surface area is 162 Å². The highest BCUT2D eigenvalue weighted by molar-refractivity contribution is 9.10. The number of hydrogen-bond acceptors (Lipinski definition) is 4. The number of rotatable bonds is 6. The molecule has 6 heteroatoms. The van der Waals surface area contributed by atoms with E-state index in [0.717, 1.165) is 16.6 Å². The molecule has 2 aromatic rings. The molecular weight excluding hydrogens is 396 g/mol. The summed E-state index contributed by atoms with van der Waals surface area (Å²) in [6.07, 6.45) is -0.307. The van der Waals surface area contributed by atoms with E-state index in [4.69, 9.17) is 9.47 Å². The molecule has 2 aromatic carbocycles. The maximum atomic E-state index is 12.3. The predicted molar refractivity (Wildman–Crippen MR) is 104 cm³/mol. The molecule has 1 N–H and O–H groups in total. The molecule has 5 nitrogen and oxygen atoms in total. The van der Waals surface area contributed by atoms with E-state index in [-0.39, 0.29) is 12.2 Å². The van der Waals surface area contributed by atoms with E-state index in [1.807, 2.05) is 42.5 Å². The van der Waals surface area contributed by atoms with Crippen LogP contribution in [0.1, 0.15) is 11.1 Å². The van der Waals surface area contributed by atoms with Crippen molar-refractivity contribution in [2.45, 2.75) is 19.3 Å². The molecule has 1 unspecified atom stereocenters. The Morgan fingerprint density at radius 2 is 1.92 bits per heavy atom. The minimum atomic E-state index is -0.282. The normalized spacial score (nSPS) is 17.1. The molecular formula is C20H23BrN2O3. The lowest BCUT2D eigenvalue weighted by Crippen LogP contribution is -2.49. The molecule has 3 rings (SSSR count). The van der Waals surface area contributed by atoms with Crippen LogP contribution >= 0.6 is 15.9 Å². The van der Waals surface area contributed by atoms with Gasteiger partial charge in [-0.25, -0.2) is 4.79 Å². The van der Waals surface area contributed by atoms with Crippen LogP contribution in [0, 0.1) is 0 Å². The van der Waals surface area contributed by atoms with Gasteiger partial charge < -0.3 is 19.7 Å². The van der Waals surface area contributed by atoms with Crippen molar-refractivity contribution in [1.29, 1.82) is 0 Å². The molecule has 1 atom stereocenters. The van der Waals surface area contributed by atoms with Gasteiger partial charge in [-0.1, -0.05) is 58.4 Å². The Morgan fingerprint density at radius 3 is 2.69 bits per heavy atom. The number of benzene rings is 2. The van der Waals surface area contributed by atoms with Crippen molar-refractivity contribution in [3.63, 3.8) is 0 Å². The number of carbonyl (C=O) groups excluding carboxylic acids is 1. The first kappa shape index (κ1) is 18.9. The number of hydrogen-bond donors (Lipinski definition) is 1. The second-order valence-electron chi connectivity index (χ2n) is 6.24.